The first-order valence-corrected chi connectivity index (χ1v) is 12.2. The van der Waals surface area contributed by atoms with E-state index in [1.165, 1.54) is 37.7 Å². The topological polar surface area (TPSA) is 78.0 Å². The summed E-state index contributed by atoms with van der Waals surface area (Å²) in [6.45, 7) is 11.1. The zero-order valence-electron chi connectivity index (χ0n) is 20.8. The van der Waals surface area contributed by atoms with Crippen molar-refractivity contribution in [1.29, 1.82) is 0 Å². The highest BCUT2D eigenvalue weighted by atomic mass is 16.4. The number of aromatic nitrogens is 2. The van der Waals surface area contributed by atoms with Crippen LogP contribution in [0.4, 0.5) is 11.6 Å². The zero-order valence-corrected chi connectivity index (χ0v) is 20.8. The lowest BCUT2D eigenvalue weighted by Crippen LogP contribution is -2.14. The molecule has 0 amide bonds. The van der Waals surface area contributed by atoms with Gasteiger partial charge in [-0.2, -0.15) is 0 Å². The number of aliphatic carboxylic acids is 1. The maximum atomic E-state index is 10.8. The molecule has 2 aromatic carbocycles. The molecule has 1 fully saturated rings. The monoisotopic (exact) mass is 449 g/mol. The number of hydrogen-bond donors (Lipinski definition) is 3. The van der Waals surface area contributed by atoms with Crippen molar-refractivity contribution in [2.45, 2.75) is 85.5 Å². The molecule has 1 aliphatic rings. The largest absolute Gasteiger partial charge is 0.481 e. The van der Waals surface area contributed by atoms with Crippen molar-refractivity contribution >= 4 is 28.6 Å². The normalized spacial score (nSPS) is 15.2. The first-order valence-electron chi connectivity index (χ1n) is 12.2. The second kappa shape index (κ2) is 10.9. The smallest absolute Gasteiger partial charge is 0.303 e. The summed E-state index contributed by atoms with van der Waals surface area (Å²) in [7, 11) is 0. The lowest BCUT2D eigenvalue weighted by atomic mass is 9.78. The van der Waals surface area contributed by atoms with Crippen LogP contribution in [0.25, 0.3) is 11.0 Å². The van der Waals surface area contributed by atoms with E-state index in [1.54, 1.807) is 0 Å². The standard InChI is InChI=1S/C20H23N3O2.C8H16/c1-12(2)14-4-7-16(8-5-14)21-20-22-17-10-13(3)15(6-9-19(24)25)11-18(17)23-20;1-8(2)6-4-3-5-7-8/h4-5,7-8,10-12H,6,9H2,1-3H3,(H,24,25)(H2,21,22,23);3-7H2,1-2H3. The highest BCUT2D eigenvalue weighted by molar-refractivity contribution is 5.80. The SMILES string of the molecule is CC1(C)CCCCC1.Cc1cc2[nH]c(Nc3ccc(C(C)C)cc3)nc2cc1CCC(=O)O. The van der Waals surface area contributed by atoms with Gasteiger partial charge in [-0.05, 0) is 78.5 Å². The summed E-state index contributed by atoms with van der Waals surface area (Å²) in [4.78, 5) is 18.6. The molecule has 3 aromatic rings. The lowest BCUT2D eigenvalue weighted by molar-refractivity contribution is -0.136. The van der Waals surface area contributed by atoms with Crippen molar-refractivity contribution < 1.29 is 9.90 Å². The van der Waals surface area contributed by atoms with Crippen molar-refractivity contribution in [2.75, 3.05) is 5.32 Å². The number of H-pyrrole nitrogens is 1. The third-order valence-corrected chi connectivity index (χ3v) is 6.59. The molecule has 0 saturated heterocycles. The van der Waals surface area contributed by atoms with Crippen LogP contribution in [0, 0.1) is 12.3 Å². The quantitative estimate of drug-likeness (QED) is 0.360. The number of fused-ring (bicyclic) bond motifs is 1. The van der Waals surface area contributed by atoms with Crippen molar-refractivity contribution in [3.63, 3.8) is 0 Å². The number of aryl methyl sites for hydroxylation is 2. The van der Waals surface area contributed by atoms with Gasteiger partial charge in [0.25, 0.3) is 0 Å². The van der Waals surface area contributed by atoms with Crippen molar-refractivity contribution in [1.82, 2.24) is 9.97 Å². The molecule has 0 aliphatic heterocycles. The van der Waals surface area contributed by atoms with Gasteiger partial charge >= 0.3 is 5.97 Å². The number of carbonyl (C=O) groups is 1. The summed E-state index contributed by atoms with van der Waals surface area (Å²) in [5.74, 6) is 0.406. The van der Waals surface area contributed by atoms with Crippen LogP contribution in [0.2, 0.25) is 0 Å². The fraction of sp³-hybridized carbons (Fsp3) is 0.500. The molecule has 0 atom stereocenters. The lowest BCUT2D eigenvalue weighted by Gasteiger charge is -2.28. The van der Waals surface area contributed by atoms with Crippen molar-refractivity contribution in [2.24, 2.45) is 5.41 Å². The van der Waals surface area contributed by atoms with E-state index in [1.807, 2.05) is 31.2 Å². The first kappa shape index (κ1) is 24.8. The average molecular weight is 450 g/mol. The van der Waals surface area contributed by atoms with Gasteiger partial charge < -0.3 is 15.4 Å². The number of nitrogens with zero attached hydrogens (tertiary/aromatic N) is 1. The van der Waals surface area contributed by atoms with E-state index >= 15 is 0 Å². The maximum Gasteiger partial charge on any atom is 0.303 e. The molecular weight excluding hydrogens is 410 g/mol. The number of nitrogens with one attached hydrogen (secondary N) is 2. The van der Waals surface area contributed by atoms with Crippen LogP contribution < -0.4 is 5.32 Å². The van der Waals surface area contributed by atoms with Gasteiger partial charge in [-0.3, -0.25) is 4.79 Å². The number of carboxylic acids is 1. The molecule has 0 spiro atoms. The van der Waals surface area contributed by atoms with E-state index in [0.717, 1.165) is 27.8 Å². The zero-order chi connectivity index (χ0) is 24.0. The highest BCUT2D eigenvalue weighted by Crippen LogP contribution is 2.34. The summed E-state index contributed by atoms with van der Waals surface area (Å²) in [6.07, 6.45) is 7.96. The second-order valence-corrected chi connectivity index (χ2v) is 10.4. The number of hydrogen-bond acceptors (Lipinski definition) is 3. The number of anilines is 2. The molecule has 178 valence electrons. The van der Waals surface area contributed by atoms with Crippen molar-refractivity contribution in [3.8, 4) is 0 Å². The fourth-order valence-corrected chi connectivity index (χ4v) is 4.38. The van der Waals surface area contributed by atoms with Gasteiger partial charge in [-0.25, -0.2) is 4.98 Å². The van der Waals surface area contributed by atoms with Gasteiger partial charge in [0.15, 0.2) is 0 Å². The molecule has 33 heavy (non-hydrogen) atoms. The fourth-order valence-electron chi connectivity index (χ4n) is 4.38. The van der Waals surface area contributed by atoms with Crippen LogP contribution >= 0.6 is 0 Å². The Morgan fingerprint density at radius 2 is 1.79 bits per heavy atom. The van der Waals surface area contributed by atoms with Crippen LogP contribution in [-0.4, -0.2) is 21.0 Å². The Hall–Kier alpha value is -2.82. The van der Waals surface area contributed by atoms with E-state index in [0.29, 0.717) is 23.7 Å². The van der Waals surface area contributed by atoms with Gasteiger partial charge in [0.1, 0.15) is 0 Å². The van der Waals surface area contributed by atoms with Crippen LogP contribution in [0.1, 0.15) is 88.8 Å². The summed E-state index contributed by atoms with van der Waals surface area (Å²) in [5.41, 5.74) is 6.84. The molecule has 1 heterocycles. The second-order valence-electron chi connectivity index (χ2n) is 10.4. The maximum absolute atomic E-state index is 10.8. The Kier molecular flexibility index (Phi) is 8.17. The van der Waals surface area contributed by atoms with Crippen LogP contribution in [0.5, 0.6) is 0 Å². The summed E-state index contributed by atoms with van der Waals surface area (Å²) >= 11 is 0. The number of imidazole rings is 1. The summed E-state index contributed by atoms with van der Waals surface area (Å²) in [6, 6.07) is 12.3. The van der Waals surface area contributed by atoms with E-state index in [2.05, 4.69) is 55.1 Å². The molecule has 0 bridgehead atoms. The predicted octanol–water partition coefficient (Wildman–Crippen LogP) is 7.73. The molecule has 1 saturated carbocycles. The summed E-state index contributed by atoms with van der Waals surface area (Å²) in [5, 5.41) is 12.2. The Balaban J connectivity index is 0.000000323. The van der Waals surface area contributed by atoms with E-state index in [4.69, 9.17) is 5.11 Å². The number of carboxylic acid groups (broad SMARTS) is 1. The molecule has 0 radical (unpaired) electrons. The number of benzene rings is 2. The molecule has 5 nitrogen and oxygen atoms in total. The Labute approximate surface area is 198 Å². The van der Waals surface area contributed by atoms with Crippen molar-refractivity contribution in [3.05, 3.63) is 53.1 Å². The number of aromatic amines is 1. The first-order chi connectivity index (χ1) is 15.6. The van der Waals surface area contributed by atoms with Crippen LogP contribution in [-0.2, 0) is 11.2 Å². The number of rotatable bonds is 6. The van der Waals surface area contributed by atoms with E-state index < -0.39 is 5.97 Å². The molecule has 1 aromatic heterocycles. The van der Waals surface area contributed by atoms with Gasteiger partial charge in [-0.15, -0.1) is 0 Å². The van der Waals surface area contributed by atoms with Crippen LogP contribution in [0.15, 0.2) is 36.4 Å². The minimum absolute atomic E-state index is 0.129. The van der Waals surface area contributed by atoms with Gasteiger partial charge in [-0.1, -0.05) is 59.1 Å². The van der Waals surface area contributed by atoms with Gasteiger partial charge in [0.2, 0.25) is 5.95 Å². The minimum atomic E-state index is -0.784. The Morgan fingerprint density at radius 3 is 2.33 bits per heavy atom. The van der Waals surface area contributed by atoms with Crippen LogP contribution in [0.3, 0.4) is 0 Å². The molecule has 0 unspecified atom stereocenters. The van der Waals surface area contributed by atoms with Gasteiger partial charge in [0.05, 0.1) is 11.0 Å². The van der Waals surface area contributed by atoms with Gasteiger partial charge in [0, 0.05) is 12.1 Å². The highest BCUT2D eigenvalue weighted by Gasteiger charge is 2.20. The molecule has 1 aliphatic carbocycles. The summed E-state index contributed by atoms with van der Waals surface area (Å²) < 4.78 is 0. The molecular formula is C28H39N3O2. The van der Waals surface area contributed by atoms with E-state index in [9.17, 15) is 4.79 Å². The minimum Gasteiger partial charge on any atom is -0.481 e. The molecule has 5 heteroatoms. The third-order valence-electron chi connectivity index (χ3n) is 6.59. The average Bonchev–Trinajstić information content (AvgIpc) is 3.13. The molecule has 3 N–H and O–H groups in total. The Morgan fingerprint density at radius 1 is 1.12 bits per heavy atom. The van der Waals surface area contributed by atoms with E-state index in [-0.39, 0.29) is 6.42 Å². The third kappa shape index (κ3) is 7.34. The molecule has 4 rings (SSSR count). The predicted molar refractivity (Wildman–Crippen MR) is 137 cm³/mol. The Bertz CT molecular complexity index is 1060.